The molecule has 0 aliphatic heterocycles. The Morgan fingerprint density at radius 2 is 2.00 bits per heavy atom. The number of amides is 1. The summed E-state index contributed by atoms with van der Waals surface area (Å²) >= 11 is 3.09. The molecule has 1 N–H and O–H groups in total. The number of benzene rings is 1. The van der Waals surface area contributed by atoms with Crippen LogP contribution in [0.25, 0.3) is 0 Å². The molecule has 0 aromatic heterocycles. The first-order valence-corrected chi connectivity index (χ1v) is 5.36. The van der Waals surface area contributed by atoms with Gasteiger partial charge >= 0.3 is 0 Å². The molecule has 0 aliphatic carbocycles. The number of rotatable bonds is 3. The third-order valence-electron chi connectivity index (χ3n) is 1.85. The van der Waals surface area contributed by atoms with Gasteiger partial charge in [0.25, 0.3) is 0 Å². The SMILES string of the molecule is CCC(Br)C(=O)Nc1c(F)cccc1F. The summed E-state index contributed by atoms with van der Waals surface area (Å²) in [5.74, 6) is -2.01. The second-order valence-corrected chi connectivity index (χ2v) is 4.07. The molecule has 15 heavy (non-hydrogen) atoms. The zero-order chi connectivity index (χ0) is 11.4. The molecule has 0 spiro atoms. The molecule has 2 nitrogen and oxygen atoms in total. The van der Waals surface area contributed by atoms with Crippen molar-refractivity contribution in [3.05, 3.63) is 29.8 Å². The summed E-state index contributed by atoms with van der Waals surface area (Å²) in [5.41, 5.74) is -0.402. The van der Waals surface area contributed by atoms with Gasteiger partial charge < -0.3 is 5.32 Å². The first kappa shape index (κ1) is 12.1. The highest BCUT2D eigenvalue weighted by Crippen LogP contribution is 2.19. The topological polar surface area (TPSA) is 29.1 Å². The van der Waals surface area contributed by atoms with Gasteiger partial charge in [-0.3, -0.25) is 4.79 Å². The predicted octanol–water partition coefficient (Wildman–Crippen LogP) is 3.08. The lowest BCUT2D eigenvalue weighted by Crippen LogP contribution is -2.23. The van der Waals surface area contributed by atoms with Crippen LogP contribution in [0.4, 0.5) is 14.5 Å². The van der Waals surface area contributed by atoms with Crippen LogP contribution in [0.3, 0.4) is 0 Å². The second-order valence-electron chi connectivity index (χ2n) is 2.96. The Morgan fingerprint density at radius 1 is 1.47 bits per heavy atom. The van der Waals surface area contributed by atoms with E-state index in [9.17, 15) is 13.6 Å². The van der Waals surface area contributed by atoms with Gasteiger partial charge in [0.15, 0.2) is 0 Å². The minimum atomic E-state index is -0.779. The molecule has 1 amide bonds. The van der Waals surface area contributed by atoms with Gasteiger partial charge in [0.2, 0.25) is 5.91 Å². The first-order valence-electron chi connectivity index (χ1n) is 4.45. The molecule has 1 rings (SSSR count). The van der Waals surface area contributed by atoms with E-state index in [4.69, 9.17) is 0 Å². The zero-order valence-electron chi connectivity index (χ0n) is 8.06. The quantitative estimate of drug-likeness (QED) is 0.846. The fourth-order valence-corrected chi connectivity index (χ4v) is 1.12. The lowest BCUT2D eigenvalue weighted by atomic mass is 10.2. The van der Waals surface area contributed by atoms with Gasteiger partial charge in [-0.2, -0.15) is 0 Å². The van der Waals surface area contributed by atoms with E-state index in [-0.39, 0.29) is 0 Å². The van der Waals surface area contributed by atoms with Gasteiger partial charge in [-0.05, 0) is 18.6 Å². The summed E-state index contributed by atoms with van der Waals surface area (Å²) in [5, 5.41) is 2.19. The van der Waals surface area contributed by atoms with Crippen molar-refractivity contribution in [1.29, 1.82) is 0 Å². The molecule has 82 valence electrons. The fourth-order valence-electron chi connectivity index (χ4n) is 1.00. The van der Waals surface area contributed by atoms with Crippen molar-refractivity contribution < 1.29 is 13.6 Å². The Balaban J connectivity index is 2.85. The molecule has 0 radical (unpaired) electrons. The molecule has 1 aromatic rings. The molecular formula is C10H10BrF2NO. The van der Waals surface area contributed by atoms with Crippen LogP contribution in [0.15, 0.2) is 18.2 Å². The Labute approximate surface area is 94.8 Å². The molecule has 0 fully saturated rings. The molecule has 1 aromatic carbocycles. The highest BCUT2D eigenvalue weighted by molar-refractivity contribution is 9.10. The number of alkyl halides is 1. The Morgan fingerprint density at radius 3 is 2.47 bits per heavy atom. The molecule has 5 heteroatoms. The summed E-state index contributed by atoms with van der Waals surface area (Å²) in [6.07, 6.45) is 0.544. The van der Waals surface area contributed by atoms with E-state index in [1.165, 1.54) is 6.07 Å². The maximum absolute atomic E-state index is 13.1. The van der Waals surface area contributed by atoms with Crippen LogP contribution in [0.1, 0.15) is 13.3 Å². The third-order valence-corrected chi connectivity index (χ3v) is 2.92. The lowest BCUT2D eigenvalue weighted by molar-refractivity contribution is -0.115. The lowest BCUT2D eigenvalue weighted by Gasteiger charge is -2.09. The monoisotopic (exact) mass is 277 g/mol. The molecule has 1 unspecified atom stereocenters. The van der Waals surface area contributed by atoms with Crippen LogP contribution < -0.4 is 5.32 Å². The maximum atomic E-state index is 13.1. The van der Waals surface area contributed by atoms with Crippen LogP contribution in [-0.4, -0.2) is 10.7 Å². The molecule has 0 heterocycles. The average molecular weight is 278 g/mol. The van der Waals surface area contributed by atoms with Gasteiger partial charge in [-0.1, -0.05) is 28.9 Å². The molecule has 0 bridgehead atoms. The summed E-state index contributed by atoms with van der Waals surface area (Å²) in [6, 6.07) is 3.42. The minimum absolute atomic E-state index is 0.402. The predicted molar refractivity (Wildman–Crippen MR) is 58.0 cm³/mol. The van der Waals surface area contributed by atoms with Crippen LogP contribution in [0.5, 0.6) is 0 Å². The van der Waals surface area contributed by atoms with Crippen molar-refractivity contribution in [2.75, 3.05) is 5.32 Å². The van der Waals surface area contributed by atoms with Crippen molar-refractivity contribution in [3.8, 4) is 0 Å². The van der Waals surface area contributed by atoms with Gasteiger partial charge in [0.1, 0.15) is 17.3 Å². The van der Waals surface area contributed by atoms with E-state index in [1.54, 1.807) is 6.92 Å². The largest absolute Gasteiger partial charge is 0.320 e. The summed E-state index contributed by atoms with van der Waals surface area (Å²) in [7, 11) is 0. The molecular weight excluding hydrogens is 268 g/mol. The maximum Gasteiger partial charge on any atom is 0.238 e. The summed E-state index contributed by atoms with van der Waals surface area (Å²) < 4.78 is 26.2. The average Bonchev–Trinajstić information content (AvgIpc) is 2.22. The van der Waals surface area contributed by atoms with Gasteiger partial charge in [0.05, 0.1) is 4.83 Å². The summed E-state index contributed by atoms with van der Waals surface area (Å²) in [6.45, 7) is 1.79. The Hall–Kier alpha value is -0.970. The van der Waals surface area contributed by atoms with E-state index in [0.717, 1.165) is 12.1 Å². The molecule has 1 atom stereocenters. The number of anilines is 1. The smallest absolute Gasteiger partial charge is 0.238 e. The standard InChI is InChI=1S/C10H10BrF2NO/c1-2-6(11)10(15)14-9-7(12)4-3-5-8(9)13/h3-6H,2H2,1H3,(H,14,15). The highest BCUT2D eigenvalue weighted by atomic mass is 79.9. The van der Waals surface area contributed by atoms with Crippen LogP contribution >= 0.6 is 15.9 Å². The second kappa shape index (κ2) is 5.21. The number of hydrogen-bond acceptors (Lipinski definition) is 1. The van der Waals surface area contributed by atoms with Crippen molar-refractivity contribution >= 4 is 27.5 Å². The van der Waals surface area contributed by atoms with E-state index < -0.39 is 28.1 Å². The zero-order valence-corrected chi connectivity index (χ0v) is 9.64. The fraction of sp³-hybridized carbons (Fsp3) is 0.300. The Bertz CT molecular complexity index is 350. The number of carbonyl (C=O) groups is 1. The molecule has 0 saturated heterocycles. The van der Waals surface area contributed by atoms with E-state index in [1.807, 2.05) is 0 Å². The van der Waals surface area contributed by atoms with Crippen molar-refractivity contribution in [3.63, 3.8) is 0 Å². The van der Waals surface area contributed by atoms with Crippen LogP contribution in [0.2, 0.25) is 0 Å². The highest BCUT2D eigenvalue weighted by Gasteiger charge is 2.16. The number of nitrogens with one attached hydrogen (secondary N) is 1. The van der Waals surface area contributed by atoms with E-state index >= 15 is 0 Å². The summed E-state index contributed by atoms with van der Waals surface area (Å²) in [4.78, 5) is 10.9. The number of carbonyl (C=O) groups excluding carboxylic acids is 1. The first-order chi connectivity index (χ1) is 7.06. The van der Waals surface area contributed by atoms with Crippen LogP contribution in [-0.2, 0) is 4.79 Å². The third kappa shape index (κ3) is 2.99. The van der Waals surface area contributed by atoms with E-state index in [2.05, 4.69) is 21.2 Å². The Kier molecular flexibility index (Phi) is 4.20. The normalized spacial score (nSPS) is 12.3. The molecule has 0 aliphatic rings. The molecule has 0 saturated carbocycles. The van der Waals surface area contributed by atoms with Crippen molar-refractivity contribution in [2.45, 2.75) is 18.2 Å². The van der Waals surface area contributed by atoms with Crippen LogP contribution in [0, 0.1) is 11.6 Å². The van der Waals surface area contributed by atoms with Gasteiger partial charge in [-0.15, -0.1) is 0 Å². The number of hydrogen-bond donors (Lipinski definition) is 1. The van der Waals surface area contributed by atoms with Crippen molar-refractivity contribution in [2.24, 2.45) is 0 Å². The van der Waals surface area contributed by atoms with Gasteiger partial charge in [0, 0.05) is 0 Å². The minimum Gasteiger partial charge on any atom is -0.320 e. The number of para-hydroxylation sites is 1. The van der Waals surface area contributed by atoms with Gasteiger partial charge in [-0.25, -0.2) is 8.78 Å². The number of halogens is 3. The van der Waals surface area contributed by atoms with E-state index in [0.29, 0.717) is 6.42 Å². The van der Waals surface area contributed by atoms with Crippen molar-refractivity contribution in [1.82, 2.24) is 0 Å².